The van der Waals surface area contributed by atoms with Crippen molar-refractivity contribution >= 4 is 51.6 Å². The van der Waals surface area contributed by atoms with Crippen molar-refractivity contribution in [2.75, 3.05) is 18.2 Å². The van der Waals surface area contributed by atoms with Gasteiger partial charge in [0.25, 0.3) is 0 Å². The maximum atomic E-state index is 13.1. The van der Waals surface area contributed by atoms with Crippen LogP contribution < -0.4 is 15.8 Å². The second kappa shape index (κ2) is 10.8. The number of thioether (sulfide) groups is 1. The summed E-state index contributed by atoms with van der Waals surface area (Å²) in [5, 5.41) is 24.2. The van der Waals surface area contributed by atoms with Gasteiger partial charge in [-0.25, -0.2) is 0 Å². The molecule has 0 saturated carbocycles. The highest BCUT2D eigenvalue weighted by atomic mass is 35.5. The molecule has 0 aliphatic heterocycles. The van der Waals surface area contributed by atoms with E-state index in [1.54, 1.807) is 18.6 Å². The minimum atomic E-state index is -0.711. The van der Waals surface area contributed by atoms with Crippen molar-refractivity contribution in [2.45, 2.75) is 23.9 Å². The number of hydrogen-bond acceptors (Lipinski definition) is 8. The Morgan fingerprint density at radius 3 is 2.71 bits per heavy atom. The second-order valence-corrected chi connectivity index (χ2v) is 9.68. The predicted octanol–water partition coefficient (Wildman–Crippen LogP) is 5.61. The van der Waals surface area contributed by atoms with Gasteiger partial charge in [0.2, 0.25) is 11.9 Å². The molecule has 3 N–H and O–H groups in total. The lowest BCUT2D eigenvalue weighted by atomic mass is 10.0. The molecular formula is C24H21ClN6O2S2. The van der Waals surface area contributed by atoms with Crippen LogP contribution in [0.25, 0.3) is 11.1 Å². The Morgan fingerprint density at radius 1 is 1.29 bits per heavy atom. The van der Waals surface area contributed by atoms with Crippen LogP contribution in [0.3, 0.4) is 0 Å². The van der Waals surface area contributed by atoms with Crippen molar-refractivity contribution in [3.8, 4) is 22.9 Å². The van der Waals surface area contributed by atoms with Crippen LogP contribution in [0, 0.1) is 11.3 Å². The number of aromatic nitrogens is 3. The maximum Gasteiger partial charge on any atom is 0.248 e. The van der Waals surface area contributed by atoms with Crippen LogP contribution >= 0.6 is 34.7 Å². The topological polar surface area (TPSA) is 119 Å². The average molecular weight is 525 g/mol. The van der Waals surface area contributed by atoms with Gasteiger partial charge in [-0.15, -0.1) is 21.5 Å². The van der Waals surface area contributed by atoms with Gasteiger partial charge in [-0.05, 0) is 36.2 Å². The first-order chi connectivity index (χ1) is 16.9. The molecule has 178 valence electrons. The van der Waals surface area contributed by atoms with Gasteiger partial charge in [0, 0.05) is 21.7 Å². The molecule has 0 radical (unpaired) electrons. The van der Waals surface area contributed by atoms with Crippen LogP contribution in [-0.2, 0) is 10.5 Å². The van der Waals surface area contributed by atoms with E-state index in [-0.39, 0.29) is 11.9 Å². The van der Waals surface area contributed by atoms with Crippen LogP contribution in [0.5, 0.6) is 5.75 Å². The summed E-state index contributed by atoms with van der Waals surface area (Å²) in [5.74, 6) is 1.05. The molecule has 2 aromatic carbocycles. The minimum Gasteiger partial charge on any atom is -0.497 e. The number of carbonyl (C=O) groups is 1. The fourth-order valence-corrected chi connectivity index (χ4v) is 5.62. The Morgan fingerprint density at radius 2 is 2.03 bits per heavy atom. The number of nitrogens with two attached hydrogens (primary N) is 1. The van der Waals surface area contributed by atoms with Gasteiger partial charge in [0.1, 0.15) is 22.9 Å². The highest BCUT2D eigenvalue weighted by Gasteiger charge is 2.24. The van der Waals surface area contributed by atoms with Gasteiger partial charge in [-0.2, -0.15) is 5.26 Å². The number of nitriles is 1. The first kappa shape index (κ1) is 24.6. The number of nitrogens with one attached hydrogen (secondary N) is 1. The largest absolute Gasteiger partial charge is 0.497 e. The van der Waals surface area contributed by atoms with Gasteiger partial charge in [0.15, 0.2) is 5.16 Å². The lowest BCUT2D eigenvalue weighted by molar-refractivity contribution is -0.118. The molecular weight excluding hydrogens is 504 g/mol. The van der Waals surface area contributed by atoms with Gasteiger partial charge in [-0.3, -0.25) is 9.36 Å². The fourth-order valence-electron chi connectivity index (χ4n) is 3.39. The first-order valence-electron chi connectivity index (χ1n) is 10.5. The minimum absolute atomic E-state index is 0.125. The van der Waals surface area contributed by atoms with Crippen LogP contribution in [0.2, 0.25) is 5.02 Å². The summed E-state index contributed by atoms with van der Waals surface area (Å²) >= 11 is 8.93. The first-order valence-corrected chi connectivity index (χ1v) is 12.7. The SMILES string of the molecule is COc1ccc(-c2csc(NC(=O)C(C)n3c(N)nnc3SCc3ccccc3Cl)c2C#N)cc1. The molecule has 0 aliphatic rings. The zero-order valence-corrected chi connectivity index (χ0v) is 21.2. The Kier molecular flexibility index (Phi) is 7.60. The lowest BCUT2D eigenvalue weighted by Crippen LogP contribution is -2.25. The number of carbonyl (C=O) groups excluding carboxylic acids is 1. The third-order valence-electron chi connectivity index (χ3n) is 5.31. The molecule has 35 heavy (non-hydrogen) atoms. The Bertz CT molecular complexity index is 1390. The van der Waals surface area contributed by atoms with Crippen LogP contribution in [0.1, 0.15) is 24.1 Å². The summed E-state index contributed by atoms with van der Waals surface area (Å²) in [6, 6.07) is 16.4. The monoisotopic (exact) mass is 524 g/mol. The average Bonchev–Trinajstić information content (AvgIpc) is 3.45. The van der Waals surface area contributed by atoms with Crippen molar-refractivity contribution < 1.29 is 9.53 Å². The van der Waals surface area contributed by atoms with E-state index in [4.69, 9.17) is 22.1 Å². The summed E-state index contributed by atoms with van der Waals surface area (Å²) in [6.45, 7) is 1.71. The third-order valence-corrected chi connectivity index (χ3v) is 7.57. The van der Waals surface area contributed by atoms with E-state index in [0.29, 0.717) is 26.5 Å². The second-order valence-electron chi connectivity index (χ2n) is 7.45. The summed E-state index contributed by atoms with van der Waals surface area (Å²) in [4.78, 5) is 13.1. The van der Waals surface area contributed by atoms with E-state index in [9.17, 15) is 10.1 Å². The summed E-state index contributed by atoms with van der Waals surface area (Å²) < 4.78 is 6.77. The number of amides is 1. The van der Waals surface area contributed by atoms with Gasteiger partial charge in [0.05, 0.1) is 12.7 Å². The highest BCUT2D eigenvalue weighted by Crippen LogP contribution is 2.36. The number of halogens is 1. The van der Waals surface area contributed by atoms with E-state index in [1.807, 2.05) is 53.9 Å². The Balaban J connectivity index is 1.52. The molecule has 0 spiro atoms. The van der Waals surface area contributed by atoms with Crippen molar-refractivity contribution in [3.05, 3.63) is 70.1 Å². The Hall–Kier alpha value is -3.52. The van der Waals surface area contributed by atoms with Crippen molar-refractivity contribution in [1.82, 2.24) is 14.8 Å². The number of methoxy groups -OCH3 is 1. The molecule has 1 amide bonds. The predicted molar refractivity (Wildman–Crippen MR) is 140 cm³/mol. The molecule has 0 fully saturated rings. The number of anilines is 2. The van der Waals surface area contributed by atoms with Crippen LogP contribution in [0.4, 0.5) is 10.9 Å². The molecule has 11 heteroatoms. The standard InChI is InChI=1S/C24H21ClN6O2S2/c1-14(31-23(27)29-30-24(31)35-12-16-5-3-4-6-20(16)25)21(32)28-22-18(11-26)19(13-34-22)15-7-9-17(33-2)10-8-15/h3-10,13-14H,12H2,1-2H3,(H2,27,29)(H,28,32). The maximum absolute atomic E-state index is 13.1. The summed E-state index contributed by atoms with van der Waals surface area (Å²) in [7, 11) is 1.60. The number of thiophene rings is 1. The van der Waals surface area contributed by atoms with Crippen LogP contribution in [-0.4, -0.2) is 27.8 Å². The van der Waals surface area contributed by atoms with Crippen molar-refractivity contribution in [2.24, 2.45) is 0 Å². The summed E-state index contributed by atoms with van der Waals surface area (Å²) in [5.41, 5.74) is 8.97. The zero-order valence-electron chi connectivity index (χ0n) is 18.9. The quantitative estimate of drug-likeness (QED) is 0.287. The van der Waals surface area contributed by atoms with Gasteiger partial charge in [-0.1, -0.05) is 53.7 Å². The molecule has 1 unspecified atom stereocenters. The third kappa shape index (κ3) is 5.27. The summed E-state index contributed by atoms with van der Waals surface area (Å²) in [6.07, 6.45) is 0. The molecule has 1 atom stereocenters. The number of nitrogen functional groups attached to an aromatic ring is 1. The normalized spacial score (nSPS) is 11.6. The van der Waals surface area contributed by atoms with E-state index in [1.165, 1.54) is 23.1 Å². The van der Waals surface area contributed by atoms with E-state index >= 15 is 0 Å². The number of ether oxygens (including phenoxy) is 1. The number of hydrogen-bond donors (Lipinski definition) is 2. The van der Waals surface area contributed by atoms with Gasteiger partial charge >= 0.3 is 0 Å². The van der Waals surface area contributed by atoms with Crippen LogP contribution in [0.15, 0.2) is 59.1 Å². The van der Waals surface area contributed by atoms with E-state index in [2.05, 4.69) is 21.6 Å². The van der Waals surface area contributed by atoms with Crippen molar-refractivity contribution in [3.63, 3.8) is 0 Å². The van der Waals surface area contributed by atoms with Gasteiger partial charge < -0.3 is 15.8 Å². The fraction of sp³-hybridized carbons (Fsp3) is 0.167. The molecule has 0 saturated heterocycles. The number of benzene rings is 2. The number of nitrogens with zero attached hydrogens (tertiary/aromatic N) is 4. The van der Waals surface area contributed by atoms with E-state index in [0.717, 1.165) is 22.4 Å². The molecule has 2 aromatic heterocycles. The van der Waals surface area contributed by atoms with Crippen molar-refractivity contribution in [1.29, 1.82) is 5.26 Å². The molecule has 2 heterocycles. The molecule has 4 rings (SSSR count). The smallest absolute Gasteiger partial charge is 0.248 e. The molecule has 4 aromatic rings. The lowest BCUT2D eigenvalue weighted by Gasteiger charge is -2.16. The van der Waals surface area contributed by atoms with E-state index < -0.39 is 6.04 Å². The highest BCUT2D eigenvalue weighted by molar-refractivity contribution is 7.98. The molecule has 0 bridgehead atoms. The number of rotatable bonds is 8. The molecule has 8 nitrogen and oxygen atoms in total. The zero-order chi connectivity index (χ0) is 24.9. The Labute approximate surface area is 215 Å². The molecule has 0 aliphatic carbocycles.